The highest BCUT2D eigenvalue weighted by Gasteiger charge is 2.17. The summed E-state index contributed by atoms with van der Waals surface area (Å²) in [6, 6.07) is 0. The summed E-state index contributed by atoms with van der Waals surface area (Å²) in [5.41, 5.74) is 0. The number of sulfonamides is 2. The van der Waals surface area contributed by atoms with Crippen LogP contribution in [-0.2, 0) is 20.0 Å². The van der Waals surface area contributed by atoms with Crippen LogP contribution in [0.5, 0.6) is 0 Å². The molecule has 0 aromatic rings. The van der Waals surface area contributed by atoms with Gasteiger partial charge in [0.05, 0.1) is 0 Å². The highest BCUT2D eigenvalue weighted by atomic mass is 35.5. The first-order valence-corrected chi connectivity index (χ1v) is 6.56. The summed E-state index contributed by atoms with van der Waals surface area (Å²) in [7, 11) is -7.89. The Labute approximate surface area is 74.8 Å². The zero-order valence-electron chi connectivity index (χ0n) is 5.12. The van der Waals surface area contributed by atoms with Crippen LogP contribution in [0.1, 0.15) is 0 Å². The van der Waals surface area contributed by atoms with Crippen molar-refractivity contribution in [3.05, 3.63) is 0 Å². The van der Waals surface area contributed by atoms with E-state index >= 15 is 0 Å². The van der Waals surface area contributed by atoms with E-state index in [2.05, 4.69) is 0 Å². The van der Waals surface area contributed by atoms with Crippen LogP contribution in [-0.4, -0.2) is 27.3 Å². The maximum atomic E-state index is 10.5. The van der Waals surface area contributed by atoms with Gasteiger partial charge >= 0.3 is 0 Å². The van der Waals surface area contributed by atoms with Crippen LogP contribution in [0.4, 0.5) is 0 Å². The van der Waals surface area contributed by atoms with Crippen molar-refractivity contribution in [1.29, 1.82) is 0 Å². The van der Waals surface area contributed by atoms with Gasteiger partial charge in [-0.1, -0.05) is 0 Å². The first-order valence-electron chi connectivity index (χ1n) is 2.19. The first-order chi connectivity index (χ1) is 4.83. The van der Waals surface area contributed by atoms with Gasteiger partial charge in [0, 0.05) is 0 Å². The third-order valence-electron chi connectivity index (χ3n) is 0.541. The van der Waals surface area contributed by atoms with Crippen LogP contribution in [0.25, 0.3) is 0 Å². The quantitative estimate of drug-likeness (QED) is 0.682. The zero-order chi connectivity index (χ0) is 9.12. The highest BCUT2D eigenvalue weighted by molar-refractivity contribution is 8.05. The predicted octanol–water partition coefficient (Wildman–Crippen LogP) is -0.372. The third kappa shape index (κ3) is 4.81. The summed E-state index contributed by atoms with van der Waals surface area (Å²) in [6.07, 6.45) is 0. The Balaban J connectivity index is 4.54. The van der Waals surface area contributed by atoms with Gasteiger partial charge in [-0.05, 0) is 0 Å². The van der Waals surface area contributed by atoms with Crippen LogP contribution in [0.2, 0.25) is 0 Å². The molecule has 0 saturated heterocycles. The lowest BCUT2D eigenvalue weighted by molar-refractivity contribution is 0.582. The van der Waals surface area contributed by atoms with Gasteiger partial charge in [-0.3, -0.25) is 0 Å². The Kier molecular flexibility index (Phi) is 4.06. The summed E-state index contributed by atoms with van der Waals surface area (Å²) in [5.74, 6) is 0. The topological polar surface area (TPSA) is 80.3 Å². The molecule has 0 fully saturated rings. The van der Waals surface area contributed by atoms with E-state index < -0.39 is 30.5 Å². The summed E-state index contributed by atoms with van der Waals surface area (Å²) >= 11 is 9.80. The molecule has 0 amide bonds. The van der Waals surface area contributed by atoms with Crippen molar-refractivity contribution in [2.24, 2.45) is 0 Å². The van der Waals surface area contributed by atoms with Crippen molar-refractivity contribution in [3.63, 3.8) is 0 Å². The Bertz CT molecular complexity index is 273. The summed E-state index contributed by atoms with van der Waals surface area (Å²) in [4.78, 5) is 0. The molecule has 0 aromatic carbocycles. The van der Waals surface area contributed by atoms with E-state index in [0.717, 1.165) is 0 Å². The fourth-order valence-electron chi connectivity index (χ4n) is 0.238. The number of alkyl halides is 2. The molecule has 0 atom stereocenters. The van der Waals surface area contributed by atoms with Gasteiger partial charge in [-0.25, -0.2) is 16.8 Å². The van der Waals surface area contributed by atoms with Crippen LogP contribution in [0.3, 0.4) is 0 Å². The van der Waals surface area contributed by atoms with Gasteiger partial charge in [-0.2, -0.15) is 0 Å². The van der Waals surface area contributed by atoms with E-state index in [-0.39, 0.29) is 0 Å². The summed E-state index contributed by atoms with van der Waals surface area (Å²) < 4.78 is 43.3. The zero-order valence-corrected chi connectivity index (χ0v) is 8.26. The Morgan fingerprint density at radius 3 is 1.36 bits per heavy atom. The molecular formula is C2H5Cl2NO4S2. The smallest absolute Gasteiger partial charge is 0.210 e. The van der Waals surface area contributed by atoms with Crippen LogP contribution >= 0.6 is 23.2 Å². The van der Waals surface area contributed by atoms with Crippen LogP contribution in [0, 0.1) is 0 Å². The fourth-order valence-corrected chi connectivity index (χ4v) is 2.94. The average molecular weight is 242 g/mol. The molecule has 1 N–H and O–H groups in total. The van der Waals surface area contributed by atoms with Gasteiger partial charge < -0.3 is 0 Å². The van der Waals surface area contributed by atoms with Gasteiger partial charge in [0.2, 0.25) is 20.0 Å². The molecule has 0 saturated carbocycles. The standard InChI is InChI=1S/C2H5Cl2NO4S2/c3-1-10(6,7)5-11(8,9)2-4/h5H,1-2H2. The van der Waals surface area contributed by atoms with Crippen molar-refractivity contribution in [2.45, 2.75) is 0 Å². The van der Waals surface area contributed by atoms with Crippen molar-refractivity contribution in [3.8, 4) is 0 Å². The number of hydrogen-bond donors (Lipinski definition) is 1. The monoisotopic (exact) mass is 241 g/mol. The van der Waals surface area contributed by atoms with Crippen molar-refractivity contribution >= 4 is 43.2 Å². The van der Waals surface area contributed by atoms with E-state index in [0.29, 0.717) is 0 Å². The van der Waals surface area contributed by atoms with Crippen LogP contribution < -0.4 is 4.13 Å². The molecule has 5 nitrogen and oxygen atoms in total. The second kappa shape index (κ2) is 3.90. The molecule has 0 aliphatic carbocycles. The van der Waals surface area contributed by atoms with E-state index in [1.807, 2.05) is 0 Å². The molecular weight excluding hydrogens is 237 g/mol. The molecule has 0 aliphatic rings. The largest absolute Gasteiger partial charge is 0.238 e. The molecule has 0 heterocycles. The van der Waals surface area contributed by atoms with Gasteiger partial charge in [-0.15, -0.1) is 27.3 Å². The minimum absolute atomic E-state index is 0.816. The van der Waals surface area contributed by atoms with E-state index in [9.17, 15) is 16.8 Å². The number of hydrogen-bond acceptors (Lipinski definition) is 4. The lowest BCUT2D eigenvalue weighted by Crippen LogP contribution is -2.31. The van der Waals surface area contributed by atoms with Crippen molar-refractivity contribution in [2.75, 3.05) is 10.4 Å². The highest BCUT2D eigenvalue weighted by Crippen LogP contribution is 1.94. The molecule has 0 radical (unpaired) electrons. The molecule has 11 heavy (non-hydrogen) atoms. The number of rotatable bonds is 4. The molecule has 0 rings (SSSR count). The van der Waals surface area contributed by atoms with Crippen molar-refractivity contribution < 1.29 is 16.8 Å². The third-order valence-corrected chi connectivity index (χ3v) is 4.87. The predicted molar refractivity (Wildman–Crippen MR) is 42.4 cm³/mol. The first kappa shape index (κ1) is 11.4. The maximum absolute atomic E-state index is 10.5. The number of halogens is 2. The van der Waals surface area contributed by atoms with Gasteiger partial charge in [0.15, 0.2) is 0 Å². The lowest BCUT2D eigenvalue weighted by atomic mass is 11.9. The Hall–Kier alpha value is 0.440. The molecule has 0 unspecified atom stereocenters. The molecule has 0 bridgehead atoms. The molecule has 0 spiro atoms. The SMILES string of the molecule is O=S(=O)(CCl)NS(=O)(=O)CCl. The minimum atomic E-state index is -3.95. The maximum Gasteiger partial charge on any atom is 0.238 e. The summed E-state index contributed by atoms with van der Waals surface area (Å²) in [5, 5.41) is -1.63. The molecule has 0 aromatic heterocycles. The van der Waals surface area contributed by atoms with E-state index in [1.54, 1.807) is 0 Å². The Morgan fingerprint density at radius 2 is 1.18 bits per heavy atom. The number of nitrogens with one attached hydrogen (secondary N) is 1. The second-order valence-corrected chi connectivity index (χ2v) is 6.40. The van der Waals surface area contributed by atoms with Gasteiger partial charge in [0.1, 0.15) is 10.4 Å². The van der Waals surface area contributed by atoms with E-state index in [4.69, 9.17) is 23.2 Å². The molecule has 68 valence electrons. The molecule has 9 heteroatoms. The van der Waals surface area contributed by atoms with Crippen LogP contribution in [0.15, 0.2) is 0 Å². The second-order valence-electron chi connectivity index (χ2n) is 1.53. The Morgan fingerprint density at radius 1 is 0.909 bits per heavy atom. The summed E-state index contributed by atoms with van der Waals surface area (Å²) in [6.45, 7) is 0. The minimum Gasteiger partial charge on any atom is -0.210 e. The van der Waals surface area contributed by atoms with Crippen molar-refractivity contribution in [1.82, 2.24) is 4.13 Å². The normalized spacial score (nSPS) is 13.3. The fraction of sp³-hybridized carbons (Fsp3) is 1.00. The molecule has 0 aliphatic heterocycles. The lowest BCUT2D eigenvalue weighted by Gasteiger charge is -2.00. The van der Waals surface area contributed by atoms with E-state index in [1.165, 1.54) is 4.13 Å². The average Bonchev–Trinajstić information content (AvgIpc) is 1.86. The van der Waals surface area contributed by atoms with Gasteiger partial charge in [0.25, 0.3) is 0 Å².